The molecular formula is C16H20O4. The summed E-state index contributed by atoms with van der Waals surface area (Å²) in [6, 6.07) is 3.72. The van der Waals surface area contributed by atoms with Gasteiger partial charge in [-0.15, -0.1) is 0 Å². The van der Waals surface area contributed by atoms with Gasteiger partial charge >= 0.3 is 5.97 Å². The van der Waals surface area contributed by atoms with E-state index in [-0.39, 0.29) is 11.9 Å². The average Bonchev–Trinajstić information content (AvgIpc) is 2.37. The molecule has 0 saturated heterocycles. The fourth-order valence-electron chi connectivity index (χ4n) is 1.83. The van der Waals surface area contributed by atoms with Crippen molar-refractivity contribution >= 4 is 11.8 Å². The van der Waals surface area contributed by atoms with Gasteiger partial charge in [-0.05, 0) is 51.0 Å². The van der Waals surface area contributed by atoms with Gasteiger partial charge in [-0.25, -0.2) is 4.79 Å². The zero-order valence-electron chi connectivity index (χ0n) is 12.5. The van der Waals surface area contributed by atoms with Gasteiger partial charge in [0.25, 0.3) is 0 Å². The Morgan fingerprint density at radius 3 is 2.35 bits per heavy atom. The Hall–Kier alpha value is -2.10. The van der Waals surface area contributed by atoms with Gasteiger partial charge in [0.15, 0.2) is 5.78 Å². The van der Waals surface area contributed by atoms with E-state index in [1.54, 1.807) is 6.07 Å². The molecule has 20 heavy (non-hydrogen) atoms. The summed E-state index contributed by atoms with van der Waals surface area (Å²) in [6.07, 6.45) is 2.28. The Balaban J connectivity index is 3.18. The van der Waals surface area contributed by atoms with Crippen LogP contribution in [0.15, 0.2) is 24.3 Å². The van der Waals surface area contributed by atoms with Crippen LogP contribution < -0.4 is 4.74 Å². The Morgan fingerprint density at radius 2 is 1.80 bits per heavy atom. The predicted octanol–water partition coefficient (Wildman–Crippen LogP) is 3.00. The van der Waals surface area contributed by atoms with Crippen molar-refractivity contribution in [3.8, 4) is 5.75 Å². The number of ketones is 1. The number of esters is 1. The summed E-state index contributed by atoms with van der Waals surface area (Å²) in [6.45, 7) is 7.61. The molecule has 1 rings (SSSR count). The Labute approximate surface area is 119 Å². The van der Waals surface area contributed by atoms with Crippen LogP contribution in [0.4, 0.5) is 0 Å². The van der Waals surface area contributed by atoms with Crippen molar-refractivity contribution in [3.63, 3.8) is 0 Å². The van der Waals surface area contributed by atoms with Gasteiger partial charge in [-0.3, -0.25) is 4.79 Å². The van der Waals surface area contributed by atoms with Crippen LogP contribution >= 0.6 is 0 Å². The molecule has 4 nitrogen and oxygen atoms in total. The van der Waals surface area contributed by atoms with Gasteiger partial charge in [-0.1, -0.05) is 6.07 Å². The summed E-state index contributed by atoms with van der Waals surface area (Å²) < 4.78 is 10.2. The minimum Gasteiger partial charge on any atom is -0.490 e. The minimum absolute atomic E-state index is 0.0347. The molecule has 0 bridgehead atoms. The van der Waals surface area contributed by atoms with Crippen LogP contribution in [-0.2, 0) is 9.53 Å². The van der Waals surface area contributed by atoms with Crippen LogP contribution in [0.3, 0.4) is 0 Å². The molecule has 0 fully saturated rings. The zero-order valence-corrected chi connectivity index (χ0v) is 12.5. The van der Waals surface area contributed by atoms with E-state index in [0.29, 0.717) is 11.3 Å². The Kier molecular flexibility index (Phi) is 5.50. The summed E-state index contributed by atoms with van der Waals surface area (Å²) >= 11 is 0. The predicted molar refractivity (Wildman–Crippen MR) is 77.2 cm³/mol. The summed E-state index contributed by atoms with van der Waals surface area (Å²) in [5, 5.41) is 0. The van der Waals surface area contributed by atoms with Gasteiger partial charge in [0.2, 0.25) is 0 Å². The number of hydrogen-bond acceptors (Lipinski definition) is 4. The lowest BCUT2D eigenvalue weighted by atomic mass is 10.0. The molecule has 0 saturated carbocycles. The van der Waals surface area contributed by atoms with Gasteiger partial charge in [0, 0.05) is 6.08 Å². The van der Waals surface area contributed by atoms with E-state index in [0.717, 1.165) is 17.2 Å². The van der Waals surface area contributed by atoms with E-state index in [1.807, 2.05) is 33.8 Å². The number of ether oxygens (including phenoxy) is 2. The topological polar surface area (TPSA) is 52.6 Å². The van der Waals surface area contributed by atoms with Crippen LogP contribution in [0.2, 0.25) is 0 Å². The van der Waals surface area contributed by atoms with Crippen molar-refractivity contribution in [2.75, 3.05) is 7.11 Å². The molecule has 1 aromatic rings. The highest BCUT2D eigenvalue weighted by atomic mass is 16.5. The molecule has 4 heteroatoms. The highest BCUT2D eigenvalue weighted by Gasteiger charge is 2.15. The molecular weight excluding hydrogens is 256 g/mol. The van der Waals surface area contributed by atoms with Crippen molar-refractivity contribution in [2.45, 2.75) is 33.8 Å². The summed E-state index contributed by atoms with van der Waals surface area (Å²) in [5.74, 6) is -0.281. The highest BCUT2D eigenvalue weighted by molar-refractivity contribution is 6.09. The van der Waals surface area contributed by atoms with Crippen LogP contribution in [0, 0.1) is 13.8 Å². The molecule has 0 aliphatic heterocycles. The molecule has 0 atom stereocenters. The number of carbonyl (C=O) groups is 2. The molecule has 0 radical (unpaired) electrons. The minimum atomic E-state index is -0.561. The standard InChI is InChI=1S/C16H20O4/c1-10(2)20-16-12(4)8-11(3)9-13(16)14(17)6-7-15(18)19-5/h6-10H,1-5H3/b7-6+. The third kappa shape index (κ3) is 4.23. The molecule has 0 N–H and O–H groups in total. The second-order valence-electron chi connectivity index (χ2n) is 4.85. The molecule has 0 aliphatic carbocycles. The summed E-state index contributed by atoms with van der Waals surface area (Å²) in [4.78, 5) is 23.2. The van der Waals surface area contributed by atoms with E-state index in [4.69, 9.17) is 4.74 Å². The molecule has 0 unspecified atom stereocenters. The second-order valence-corrected chi connectivity index (χ2v) is 4.85. The van der Waals surface area contributed by atoms with E-state index in [9.17, 15) is 9.59 Å². The van der Waals surface area contributed by atoms with E-state index < -0.39 is 5.97 Å². The second kappa shape index (κ2) is 6.89. The summed E-state index contributed by atoms with van der Waals surface area (Å²) in [7, 11) is 1.27. The van der Waals surface area contributed by atoms with Crippen molar-refractivity contribution in [3.05, 3.63) is 41.0 Å². The molecule has 0 heterocycles. The maximum atomic E-state index is 12.2. The van der Waals surface area contributed by atoms with Crippen LogP contribution in [0.5, 0.6) is 5.75 Å². The number of carbonyl (C=O) groups excluding carboxylic acids is 2. The van der Waals surface area contributed by atoms with Crippen molar-refractivity contribution < 1.29 is 19.1 Å². The van der Waals surface area contributed by atoms with Crippen LogP contribution in [0.25, 0.3) is 0 Å². The lowest BCUT2D eigenvalue weighted by Crippen LogP contribution is -2.11. The van der Waals surface area contributed by atoms with Crippen LogP contribution in [-0.4, -0.2) is 25.0 Å². The molecule has 0 spiro atoms. The Bertz CT molecular complexity index is 542. The fourth-order valence-corrected chi connectivity index (χ4v) is 1.83. The van der Waals surface area contributed by atoms with Crippen LogP contribution in [0.1, 0.15) is 35.3 Å². The molecule has 1 aromatic carbocycles. The number of allylic oxidation sites excluding steroid dienone is 1. The highest BCUT2D eigenvalue weighted by Crippen LogP contribution is 2.27. The van der Waals surface area contributed by atoms with E-state index in [1.165, 1.54) is 13.2 Å². The van der Waals surface area contributed by atoms with Gasteiger partial charge in [0.05, 0.1) is 18.8 Å². The number of hydrogen-bond donors (Lipinski definition) is 0. The number of benzene rings is 1. The maximum Gasteiger partial charge on any atom is 0.330 e. The molecule has 108 valence electrons. The normalized spacial score (nSPS) is 10.9. The quantitative estimate of drug-likeness (QED) is 0.471. The fraction of sp³-hybridized carbons (Fsp3) is 0.375. The first-order valence-corrected chi connectivity index (χ1v) is 6.43. The van der Waals surface area contributed by atoms with Crippen molar-refractivity contribution in [2.24, 2.45) is 0 Å². The van der Waals surface area contributed by atoms with Gasteiger partial charge in [-0.2, -0.15) is 0 Å². The zero-order chi connectivity index (χ0) is 15.3. The Morgan fingerprint density at radius 1 is 1.15 bits per heavy atom. The van der Waals surface area contributed by atoms with E-state index >= 15 is 0 Å². The van der Waals surface area contributed by atoms with Crippen molar-refractivity contribution in [1.29, 1.82) is 0 Å². The van der Waals surface area contributed by atoms with Gasteiger partial charge < -0.3 is 9.47 Å². The SMILES string of the molecule is COC(=O)/C=C/C(=O)c1cc(C)cc(C)c1OC(C)C. The molecule has 0 aliphatic rings. The molecule has 0 amide bonds. The van der Waals surface area contributed by atoms with E-state index in [2.05, 4.69) is 4.74 Å². The lowest BCUT2D eigenvalue weighted by Gasteiger charge is -2.16. The first-order chi connectivity index (χ1) is 9.35. The monoisotopic (exact) mass is 276 g/mol. The molecule has 0 aromatic heterocycles. The largest absolute Gasteiger partial charge is 0.490 e. The summed E-state index contributed by atoms with van der Waals surface area (Å²) in [5.41, 5.74) is 2.32. The number of methoxy groups -OCH3 is 1. The first kappa shape index (κ1) is 16.0. The third-order valence-corrected chi connectivity index (χ3v) is 2.61. The lowest BCUT2D eigenvalue weighted by molar-refractivity contribution is -0.134. The smallest absolute Gasteiger partial charge is 0.330 e. The average molecular weight is 276 g/mol. The van der Waals surface area contributed by atoms with Crippen molar-refractivity contribution in [1.82, 2.24) is 0 Å². The first-order valence-electron chi connectivity index (χ1n) is 6.43. The third-order valence-electron chi connectivity index (χ3n) is 2.61. The van der Waals surface area contributed by atoms with Gasteiger partial charge in [0.1, 0.15) is 5.75 Å². The number of rotatable bonds is 5. The number of aryl methyl sites for hydroxylation is 2. The maximum absolute atomic E-state index is 12.2.